The highest BCUT2D eigenvalue weighted by Crippen LogP contribution is 2.28. The monoisotopic (exact) mass is 466 g/mol. The fourth-order valence-electron chi connectivity index (χ4n) is 2.85. The fraction of sp³-hybridized carbons (Fsp3) is 0.172. The summed E-state index contributed by atoms with van der Waals surface area (Å²) in [5.74, 6) is 0. The van der Waals surface area contributed by atoms with Gasteiger partial charge in [-0.05, 0) is 34.2 Å². The molecule has 0 unspecified atom stereocenters. The molecule has 0 saturated heterocycles. The maximum atomic E-state index is 11.8. The molecule has 0 nitrogen and oxygen atoms in total. The Morgan fingerprint density at radius 1 is 0.485 bits per heavy atom. The molecule has 4 rings (SSSR count). The second-order valence-electron chi connectivity index (χ2n) is 8.39. The zero-order valence-corrected chi connectivity index (χ0v) is 19.9. The third-order valence-electron chi connectivity index (χ3n) is 4.72. The van der Waals surface area contributed by atoms with E-state index in [0.717, 1.165) is 17.0 Å². The molecule has 172 valence electrons. The van der Waals surface area contributed by atoms with Crippen molar-refractivity contribution in [3.8, 4) is 11.1 Å². The van der Waals surface area contributed by atoms with Crippen molar-refractivity contribution >= 4 is 12.6 Å². The van der Waals surface area contributed by atoms with Gasteiger partial charge >= 0.3 is 6.18 Å². The summed E-state index contributed by atoms with van der Waals surface area (Å²) >= 11 is 4.23. The van der Waals surface area contributed by atoms with Crippen molar-refractivity contribution in [2.45, 2.75) is 37.3 Å². The molecule has 0 fully saturated rings. The van der Waals surface area contributed by atoms with E-state index < -0.39 is 11.7 Å². The number of alkyl halides is 3. The molecule has 0 atom stereocenters. The highest BCUT2D eigenvalue weighted by Gasteiger charge is 2.29. The van der Waals surface area contributed by atoms with Crippen molar-refractivity contribution in [2.75, 3.05) is 0 Å². The van der Waals surface area contributed by atoms with E-state index in [1.165, 1.54) is 28.8 Å². The Morgan fingerprint density at radius 3 is 1.15 bits per heavy atom. The molecule has 4 heteroatoms. The lowest BCUT2D eigenvalue weighted by atomic mass is 9.87. The van der Waals surface area contributed by atoms with Crippen LogP contribution in [-0.4, -0.2) is 0 Å². The second-order valence-corrected chi connectivity index (χ2v) is 8.91. The predicted octanol–water partition coefficient (Wildman–Crippen LogP) is 9.33. The van der Waals surface area contributed by atoms with Crippen LogP contribution in [0.1, 0.15) is 31.9 Å². The first-order valence-corrected chi connectivity index (χ1v) is 11.0. The van der Waals surface area contributed by atoms with Gasteiger partial charge in [0.05, 0.1) is 5.56 Å². The summed E-state index contributed by atoms with van der Waals surface area (Å²) in [6, 6.07) is 35.5. The second kappa shape index (κ2) is 12.3. The van der Waals surface area contributed by atoms with Crippen LogP contribution < -0.4 is 0 Å². The van der Waals surface area contributed by atoms with Crippen LogP contribution in [0.25, 0.3) is 11.1 Å². The number of halogens is 3. The Labute approximate surface area is 200 Å². The van der Waals surface area contributed by atoms with Crippen molar-refractivity contribution in [3.63, 3.8) is 0 Å². The van der Waals surface area contributed by atoms with Gasteiger partial charge in [-0.3, -0.25) is 0 Å². The van der Waals surface area contributed by atoms with Crippen LogP contribution in [0.3, 0.4) is 0 Å². The van der Waals surface area contributed by atoms with Gasteiger partial charge in [-0.25, -0.2) is 0 Å². The molecule has 4 aromatic rings. The number of thiol groups is 1. The quantitative estimate of drug-likeness (QED) is 0.265. The van der Waals surface area contributed by atoms with Gasteiger partial charge in [0.1, 0.15) is 0 Å². The molecule has 0 spiro atoms. The van der Waals surface area contributed by atoms with Gasteiger partial charge in [-0.2, -0.15) is 13.2 Å². The Balaban J connectivity index is 0.000000176. The van der Waals surface area contributed by atoms with E-state index in [0.29, 0.717) is 0 Å². The number of rotatable bonds is 1. The van der Waals surface area contributed by atoms with Crippen molar-refractivity contribution in [1.29, 1.82) is 0 Å². The van der Waals surface area contributed by atoms with Gasteiger partial charge in [-0.1, -0.05) is 124 Å². The van der Waals surface area contributed by atoms with Crippen LogP contribution in [0.5, 0.6) is 0 Å². The molecule has 4 aromatic carbocycles. The zero-order valence-electron chi connectivity index (χ0n) is 19.1. The minimum absolute atomic E-state index is 0.251. The van der Waals surface area contributed by atoms with Crippen LogP contribution in [0.15, 0.2) is 120 Å². The Hall–Kier alpha value is -2.98. The molecular formula is C29H29F3S. The van der Waals surface area contributed by atoms with Crippen LogP contribution in [0.4, 0.5) is 13.2 Å². The molecule has 33 heavy (non-hydrogen) atoms. The summed E-state index contributed by atoms with van der Waals surface area (Å²) in [7, 11) is 0. The van der Waals surface area contributed by atoms with Crippen molar-refractivity contribution in [3.05, 3.63) is 126 Å². The molecule has 0 bridgehead atoms. The minimum Gasteiger partial charge on any atom is -0.166 e. The van der Waals surface area contributed by atoms with Crippen LogP contribution in [0.2, 0.25) is 0 Å². The summed E-state index contributed by atoms with van der Waals surface area (Å²) in [5, 5.41) is 0. The highest BCUT2D eigenvalue weighted by atomic mass is 32.1. The number of hydrogen-bond acceptors (Lipinski definition) is 1. The van der Waals surface area contributed by atoms with E-state index in [4.69, 9.17) is 0 Å². The Morgan fingerprint density at radius 2 is 0.848 bits per heavy atom. The predicted molar refractivity (Wildman–Crippen MR) is 136 cm³/mol. The van der Waals surface area contributed by atoms with Gasteiger partial charge < -0.3 is 0 Å². The van der Waals surface area contributed by atoms with Crippen molar-refractivity contribution < 1.29 is 13.2 Å². The molecule has 0 radical (unpaired) electrons. The molecule has 0 amide bonds. The van der Waals surface area contributed by atoms with E-state index in [-0.39, 0.29) is 5.41 Å². The molecular weight excluding hydrogens is 437 g/mol. The summed E-state index contributed by atoms with van der Waals surface area (Å²) in [6.07, 6.45) is -4.21. The average Bonchev–Trinajstić information content (AvgIpc) is 2.81. The highest BCUT2D eigenvalue weighted by molar-refractivity contribution is 7.80. The van der Waals surface area contributed by atoms with E-state index in [9.17, 15) is 13.2 Å². The summed E-state index contributed by atoms with van der Waals surface area (Å²) in [6.45, 7) is 6.63. The lowest BCUT2D eigenvalue weighted by Gasteiger charge is -2.18. The topological polar surface area (TPSA) is 0 Å². The minimum atomic E-state index is -4.21. The number of hydrogen-bond donors (Lipinski definition) is 1. The van der Waals surface area contributed by atoms with Gasteiger partial charge in [-0.15, -0.1) is 12.6 Å². The van der Waals surface area contributed by atoms with Crippen LogP contribution >= 0.6 is 12.6 Å². The molecule has 0 aliphatic carbocycles. The Bertz CT molecular complexity index is 1010. The van der Waals surface area contributed by atoms with Crippen molar-refractivity contribution in [2.24, 2.45) is 0 Å². The van der Waals surface area contributed by atoms with E-state index in [1.54, 1.807) is 6.07 Å². The van der Waals surface area contributed by atoms with Crippen molar-refractivity contribution in [1.82, 2.24) is 0 Å². The molecule has 0 N–H and O–H groups in total. The zero-order chi connectivity index (χ0) is 24.3. The van der Waals surface area contributed by atoms with E-state index in [1.807, 2.05) is 24.3 Å². The molecule has 0 aliphatic heterocycles. The largest absolute Gasteiger partial charge is 0.416 e. The fourth-order valence-corrected chi connectivity index (χ4v) is 3.00. The van der Waals surface area contributed by atoms with Gasteiger partial charge in [0.2, 0.25) is 0 Å². The first-order valence-electron chi connectivity index (χ1n) is 10.6. The Kier molecular flexibility index (Phi) is 9.80. The van der Waals surface area contributed by atoms with Gasteiger partial charge in [0.25, 0.3) is 0 Å². The van der Waals surface area contributed by atoms with Gasteiger partial charge in [0, 0.05) is 4.90 Å². The normalized spacial score (nSPS) is 10.9. The van der Waals surface area contributed by atoms with Gasteiger partial charge in [0.15, 0.2) is 0 Å². The lowest BCUT2D eigenvalue weighted by Crippen LogP contribution is -2.10. The van der Waals surface area contributed by atoms with Crippen LogP contribution in [-0.2, 0) is 11.6 Å². The lowest BCUT2D eigenvalue weighted by molar-refractivity contribution is -0.137. The number of benzene rings is 4. The first-order chi connectivity index (χ1) is 15.6. The molecule has 0 heterocycles. The molecule has 0 aliphatic rings. The molecule has 0 saturated carbocycles. The summed E-state index contributed by atoms with van der Waals surface area (Å²) in [4.78, 5) is 1.03. The molecule has 0 aromatic heterocycles. The maximum Gasteiger partial charge on any atom is 0.416 e. The smallest absolute Gasteiger partial charge is 0.166 e. The first kappa shape index (κ1) is 26.3. The van der Waals surface area contributed by atoms with E-state index in [2.05, 4.69) is 94.1 Å². The third kappa shape index (κ3) is 9.58. The third-order valence-corrected chi connectivity index (χ3v) is 5.01. The van der Waals surface area contributed by atoms with Crippen LogP contribution in [0, 0.1) is 0 Å². The average molecular weight is 467 g/mol. The maximum absolute atomic E-state index is 11.8. The van der Waals surface area contributed by atoms with E-state index >= 15 is 0 Å². The summed E-state index contributed by atoms with van der Waals surface area (Å²) in [5.41, 5.74) is 3.56. The SMILES string of the molecule is CC(C)(C)c1ccc(S)cc1.FC(F)(F)c1ccccc1.c1ccc(-c2ccccc2)cc1. The standard InChI is InChI=1S/C12H10.C10H14S.C7H5F3/c1-3-7-11(8-4-1)12-9-5-2-6-10-12;1-10(2,3)8-4-6-9(11)7-5-8;8-7(9,10)6-4-2-1-3-5-6/h1-10H;4-7,11H,1-3H3;1-5H. The summed E-state index contributed by atoms with van der Waals surface area (Å²) < 4.78 is 35.4.